The topological polar surface area (TPSA) is 250 Å². The predicted molar refractivity (Wildman–Crippen MR) is 163 cm³/mol. The highest BCUT2D eigenvalue weighted by molar-refractivity contribution is 7.91. The van der Waals surface area contributed by atoms with Crippen molar-refractivity contribution in [2.24, 2.45) is 21.1 Å². The van der Waals surface area contributed by atoms with Crippen molar-refractivity contribution >= 4 is 79.2 Å². The summed E-state index contributed by atoms with van der Waals surface area (Å²) in [6.45, 7) is 0. The number of primary amides is 1. The van der Waals surface area contributed by atoms with Crippen LogP contribution in [-0.4, -0.2) is 52.6 Å². The number of fused-ring (bicyclic) bond motifs is 2. The Kier molecular flexibility index (Phi) is 7.91. The Labute approximate surface area is 253 Å². The Hall–Kier alpha value is -6.26. The predicted octanol–water partition coefficient (Wildman–Crippen LogP) is 5.04. The van der Waals surface area contributed by atoms with Gasteiger partial charge in [0.1, 0.15) is 4.91 Å². The van der Waals surface area contributed by atoms with Crippen molar-refractivity contribution in [1.29, 1.82) is 0 Å². The molecule has 0 radical (unpaired) electrons. The van der Waals surface area contributed by atoms with E-state index in [1.54, 1.807) is 24.3 Å². The number of ketones is 1. The summed E-state index contributed by atoms with van der Waals surface area (Å²) in [7, 11) is -4.91. The van der Waals surface area contributed by atoms with Gasteiger partial charge >= 0.3 is 18.0 Å². The van der Waals surface area contributed by atoms with E-state index in [-0.39, 0.29) is 33.6 Å². The van der Waals surface area contributed by atoms with Crippen LogP contribution in [0.15, 0.2) is 93.0 Å². The standard InChI is InChI=1S/C29H20N6O9S/c30-29(41)31-17-6-5-14-12-24(45(42,43)44)25(26(36)21(14)13-17)35-34-23-8-7-22(19-3-1-2-4-20(19)23)33-32-18-10-15(27(37)38)9-16(11-18)28(39)40/h1-13,34H,(H,37,38)(H,39,40)(H3,30,31,41)(H,42,43,44)/b33-32?,35-25+. The van der Waals surface area contributed by atoms with Crippen LogP contribution in [0.5, 0.6) is 0 Å². The Balaban J connectivity index is 1.53. The maximum Gasteiger partial charge on any atom is 0.335 e. The second-order valence-corrected chi connectivity index (χ2v) is 10.8. The smallest absolute Gasteiger partial charge is 0.335 e. The zero-order chi connectivity index (χ0) is 32.5. The first-order chi connectivity index (χ1) is 21.3. The summed E-state index contributed by atoms with van der Waals surface area (Å²) in [5.41, 5.74) is 7.53. The summed E-state index contributed by atoms with van der Waals surface area (Å²) in [6.07, 6.45) is 1.07. The number of nitrogens with two attached hydrogens (primary N) is 1. The van der Waals surface area contributed by atoms with Crippen molar-refractivity contribution in [3.8, 4) is 0 Å². The lowest BCUT2D eigenvalue weighted by atomic mass is 9.94. The first-order valence-electron chi connectivity index (χ1n) is 12.7. The highest BCUT2D eigenvalue weighted by Crippen LogP contribution is 2.34. The number of amides is 2. The molecule has 4 aromatic rings. The van der Waals surface area contributed by atoms with Crippen molar-refractivity contribution in [3.05, 3.63) is 100.0 Å². The van der Waals surface area contributed by atoms with Crippen LogP contribution < -0.4 is 16.5 Å². The van der Waals surface area contributed by atoms with E-state index in [1.165, 1.54) is 42.5 Å². The molecule has 0 unspecified atom stereocenters. The number of carboxylic acid groups (broad SMARTS) is 2. The first-order valence-corrected chi connectivity index (χ1v) is 14.1. The van der Waals surface area contributed by atoms with E-state index >= 15 is 0 Å². The fraction of sp³-hybridized carbons (Fsp3) is 0. The van der Waals surface area contributed by atoms with Crippen molar-refractivity contribution in [3.63, 3.8) is 0 Å². The molecule has 0 atom stereocenters. The van der Waals surface area contributed by atoms with Gasteiger partial charge in [0, 0.05) is 22.0 Å². The molecule has 1 aliphatic carbocycles. The van der Waals surface area contributed by atoms with Gasteiger partial charge in [0.25, 0.3) is 10.1 Å². The van der Waals surface area contributed by atoms with Crippen molar-refractivity contribution in [2.45, 2.75) is 0 Å². The van der Waals surface area contributed by atoms with Crippen LogP contribution in [0.25, 0.3) is 16.8 Å². The van der Waals surface area contributed by atoms with E-state index in [0.29, 0.717) is 22.1 Å². The molecule has 15 nitrogen and oxygen atoms in total. The lowest BCUT2D eigenvalue weighted by Gasteiger charge is -2.17. The van der Waals surface area contributed by atoms with E-state index in [0.717, 1.165) is 12.1 Å². The number of carboxylic acids is 2. The minimum Gasteiger partial charge on any atom is -0.478 e. The SMILES string of the molecule is NC(=O)Nc1ccc2c(c1)C(=O)/C(=N/Nc1ccc(N=Nc3cc(C(=O)O)cc(C(=O)O)c3)c3ccccc13)C(S(=O)(=O)O)=C2. The van der Waals surface area contributed by atoms with E-state index in [2.05, 4.69) is 26.1 Å². The van der Waals surface area contributed by atoms with E-state index in [9.17, 15) is 42.4 Å². The molecule has 0 aromatic heterocycles. The average molecular weight is 629 g/mol. The van der Waals surface area contributed by atoms with Crippen LogP contribution in [0.1, 0.15) is 36.6 Å². The fourth-order valence-corrected chi connectivity index (χ4v) is 5.12. The molecule has 0 bridgehead atoms. The molecular formula is C29H20N6O9S. The molecular weight excluding hydrogens is 608 g/mol. The number of nitrogens with zero attached hydrogens (tertiary/aromatic N) is 3. The van der Waals surface area contributed by atoms with Crippen LogP contribution in [0.2, 0.25) is 0 Å². The largest absolute Gasteiger partial charge is 0.478 e. The van der Waals surface area contributed by atoms with Crippen LogP contribution in [-0.2, 0) is 10.1 Å². The average Bonchev–Trinajstić information content (AvgIpc) is 2.99. The van der Waals surface area contributed by atoms with Gasteiger partial charge in [-0.1, -0.05) is 30.3 Å². The molecule has 7 N–H and O–H groups in total. The molecule has 4 aromatic carbocycles. The van der Waals surface area contributed by atoms with E-state index < -0.39 is 44.5 Å². The number of hydrogen-bond donors (Lipinski definition) is 6. The minimum atomic E-state index is -4.91. The molecule has 0 aliphatic heterocycles. The third-order valence-electron chi connectivity index (χ3n) is 6.45. The Morgan fingerprint density at radius 3 is 2.11 bits per heavy atom. The molecule has 0 fully saturated rings. The molecule has 1 aliphatic rings. The summed E-state index contributed by atoms with van der Waals surface area (Å²) >= 11 is 0. The molecule has 0 spiro atoms. The Morgan fingerprint density at radius 1 is 0.822 bits per heavy atom. The number of hydrazone groups is 1. The van der Waals surface area contributed by atoms with Gasteiger partial charge < -0.3 is 21.3 Å². The molecule has 5 rings (SSSR count). The number of carbonyl (C=O) groups excluding carboxylic acids is 2. The normalized spacial score (nSPS) is 13.8. The molecule has 0 saturated heterocycles. The van der Waals surface area contributed by atoms with Gasteiger partial charge in [0.15, 0.2) is 5.71 Å². The number of nitrogens with one attached hydrogen (secondary N) is 2. The van der Waals surface area contributed by atoms with Crippen LogP contribution in [0.3, 0.4) is 0 Å². The van der Waals surface area contributed by atoms with Crippen molar-refractivity contribution in [1.82, 2.24) is 0 Å². The van der Waals surface area contributed by atoms with Crippen molar-refractivity contribution in [2.75, 3.05) is 10.7 Å². The van der Waals surface area contributed by atoms with Crippen LogP contribution in [0, 0.1) is 0 Å². The van der Waals surface area contributed by atoms with Crippen LogP contribution in [0.4, 0.5) is 27.5 Å². The third-order valence-corrected chi connectivity index (χ3v) is 7.32. The number of Topliss-reactive ketones (excluding diaryl/α,β-unsaturated/α-hetero) is 1. The third kappa shape index (κ3) is 6.41. The number of allylic oxidation sites excluding steroid dienone is 1. The quantitative estimate of drug-likeness (QED) is 0.0861. The zero-order valence-electron chi connectivity index (χ0n) is 22.6. The summed E-state index contributed by atoms with van der Waals surface area (Å²) < 4.78 is 34.3. The van der Waals surface area contributed by atoms with Gasteiger partial charge in [-0.25, -0.2) is 14.4 Å². The van der Waals surface area contributed by atoms with E-state index in [4.69, 9.17) is 5.73 Å². The number of aromatic carboxylic acids is 2. The summed E-state index contributed by atoms with van der Waals surface area (Å²) in [5, 5.41) is 34.2. The van der Waals surface area contributed by atoms with Gasteiger partial charge in [0.05, 0.1) is 28.2 Å². The molecule has 0 heterocycles. The van der Waals surface area contributed by atoms with E-state index in [1.807, 2.05) is 0 Å². The maximum atomic E-state index is 13.4. The summed E-state index contributed by atoms with van der Waals surface area (Å²) in [6, 6.07) is 16.3. The molecule has 45 heavy (non-hydrogen) atoms. The number of urea groups is 1. The number of rotatable bonds is 8. The monoisotopic (exact) mass is 628 g/mol. The molecule has 0 saturated carbocycles. The number of azo groups is 1. The lowest BCUT2D eigenvalue weighted by molar-refractivity contribution is 0.0696. The number of benzene rings is 4. The summed E-state index contributed by atoms with van der Waals surface area (Å²) in [5.74, 6) is -3.54. The minimum absolute atomic E-state index is 0.00663. The Morgan fingerprint density at radius 2 is 1.49 bits per heavy atom. The van der Waals surface area contributed by atoms with Gasteiger partial charge in [-0.15, -0.1) is 5.11 Å². The van der Waals surface area contributed by atoms with Crippen molar-refractivity contribution < 1.29 is 42.4 Å². The lowest BCUT2D eigenvalue weighted by Crippen LogP contribution is -2.27. The second-order valence-electron chi connectivity index (χ2n) is 9.43. The highest BCUT2D eigenvalue weighted by Gasteiger charge is 2.33. The van der Waals surface area contributed by atoms with Gasteiger partial charge in [-0.2, -0.15) is 18.6 Å². The zero-order valence-corrected chi connectivity index (χ0v) is 23.4. The highest BCUT2D eigenvalue weighted by atomic mass is 32.2. The van der Waals surface area contributed by atoms with Gasteiger partial charge in [-0.3, -0.25) is 14.8 Å². The number of hydrogen-bond acceptors (Lipinski definition) is 10. The van der Waals surface area contributed by atoms with Gasteiger partial charge in [-0.05, 0) is 54.1 Å². The Bertz CT molecular complexity index is 2120. The number of anilines is 2. The summed E-state index contributed by atoms with van der Waals surface area (Å²) in [4.78, 5) is 46.7. The molecule has 16 heteroatoms. The van der Waals surface area contributed by atoms with Crippen LogP contribution >= 0.6 is 0 Å². The second kappa shape index (κ2) is 11.8. The molecule has 2 amide bonds. The first kappa shape index (κ1) is 30.2. The molecule has 226 valence electrons. The van der Waals surface area contributed by atoms with Gasteiger partial charge in [0.2, 0.25) is 5.78 Å². The fourth-order valence-electron chi connectivity index (χ4n) is 4.46. The number of carbonyl (C=O) groups is 4. The maximum absolute atomic E-state index is 13.4.